The zero-order valence-electron chi connectivity index (χ0n) is 12.7. The number of carbonyl (C=O) groups excluding carboxylic acids is 1. The van der Waals surface area contributed by atoms with Crippen LogP contribution in [-0.4, -0.2) is 49.2 Å². The van der Waals surface area contributed by atoms with Crippen LogP contribution in [0.1, 0.15) is 15.9 Å². The number of esters is 1. The van der Waals surface area contributed by atoms with E-state index in [1.807, 2.05) is 0 Å². The number of nitrogens with zero attached hydrogens (tertiary/aromatic N) is 2. The summed E-state index contributed by atoms with van der Waals surface area (Å²) in [6.07, 6.45) is 1.07. The fourth-order valence-electron chi connectivity index (χ4n) is 2.40. The quantitative estimate of drug-likeness (QED) is 0.822. The van der Waals surface area contributed by atoms with Gasteiger partial charge >= 0.3 is 5.97 Å². The molecule has 1 N–H and O–H groups in total. The molecule has 0 radical (unpaired) electrons. The smallest absolute Gasteiger partial charge is 0.342 e. The van der Waals surface area contributed by atoms with Crippen molar-refractivity contribution >= 4 is 16.0 Å². The summed E-state index contributed by atoms with van der Waals surface area (Å²) >= 11 is 0. The van der Waals surface area contributed by atoms with Gasteiger partial charge in [-0.05, 0) is 12.1 Å². The Bertz CT molecular complexity index is 880. The number of H-pyrrole nitrogens is 1. The number of aromatic amines is 1. The molecule has 0 aliphatic carbocycles. The highest BCUT2D eigenvalue weighted by Crippen LogP contribution is 2.28. The van der Waals surface area contributed by atoms with E-state index in [4.69, 9.17) is 4.74 Å². The SMILES string of the molecule is COC(=O)c1cn[nH]c1S(=O)(=O)N1CCOc2cccc(F)c2C1. The van der Waals surface area contributed by atoms with Crippen LogP contribution in [0.2, 0.25) is 0 Å². The van der Waals surface area contributed by atoms with Gasteiger partial charge in [0.2, 0.25) is 0 Å². The average molecular weight is 355 g/mol. The van der Waals surface area contributed by atoms with Crippen LogP contribution in [0.4, 0.5) is 4.39 Å². The molecule has 0 saturated heterocycles. The highest BCUT2D eigenvalue weighted by atomic mass is 32.2. The van der Waals surface area contributed by atoms with Crippen LogP contribution in [-0.2, 0) is 21.3 Å². The number of ether oxygens (including phenoxy) is 2. The lowest BCUT2D eigenvalue weighted by atomic mass is 10.2. The van der Waals surface area contributed by atoms with Crippen molar-refractivity contribution in [1.29, 1.82) is 0 Å². The number of methoxy groups -OCH3 is 1. The van der Waals surface area contributed by atoms with Crippen LogP contribution in [0, 0.1) is 5.82 Å². The first kappa shape index (κ1) is 16.4. The molecule has 0 unspecified atom stereocenters. The summed E-state index contributed by atoms with van der Waals surface area (Å²) in [7, 11) is -2.98. The van der Waals surface area contributed by atoms with E-state index in [1.165, 1.54) is 12.1 Å². The minimum absolute atomic E-state index is 0.00388. The van der Waals surface area contributed by atoms with Crippen molar-refractivity contribution in [2.75, 3.05) is 20.3 Å². The Morgan fingerprint density at radius 2 is 2.25 bits per heavy atom. The summed E-state index contributed by atoms with van der Waals surface area (Å²) in [6, 6.07) is 4.29. The van der Waals surface area contributed by atoms with E-state index in [2.05, 4.69) is 14.9 Å². The maximum absolute atomic E-state index is 14.0. The molecule has 3 rings (SSSR count). The van der Waals surface area contributed by atoms with Gasteiger partial charge < -0.3 is 9.47 Å². The van der Waals surface area contributed by atoms with E-state index < -0.39 is 26.8 Å². The molecule has 0 spiro atoms. The largest absolute Gasteiger partial charge is 0.492 e. The first-order valence-electron chi connectivity index (χ1n) is 6.97. The summed E-state index contributed by atoms with van der Waals surface area (Å²) in [6.45, 7) is -0.169. The molecule has 0 saturated carbocycles. The van der Waals surface area contributed by atoms with Gasteiger partial charge in [0, 0.05) is 18.7 Å². The molecule has 8 nitrogen and oxygen atoms in total. The normalized spacial score (nSPS) is 15.2. The lowest BCUT2D eigenvalue weighted by Gasteiger charge is -2.19. The average Bonchev–Trinajstić information content (AvgIpc) is 2.95. The van der Waals surface area contributed by atoms with Crippen molar-refractivity contribution in [3.63, 3.8) is 0 Å². The van der Waals surface area contributed by atoms with E-state index in [0.717, 1.165) is 17.6 Å². The highest BCUT2D eigenvalue weighted by Gasteiger charge is 2.34. The second kappa shape index (κ2) is 6.21. The van der Waals surface area contributed by atoms with E-state index >= 15 is 0 Å². The number of hydrogen-bond donors (Lipinski definition) is 1. The third kappa shape index (κ3) is 2.74. The fourth-order valence-corrected chi connectivity index (χ4v) is 3.86. The number of benzene rings is 1. The molecule has 10 heteroatoms. The maximum Gasteiger partial charge on any atom is 0.342 e. The van der Waals surface area contributed by atoms with Gasteiger partial charge in [-0.25, -0.2) is 17.6 Å². The first-order valence-corrected chi connectivity index (χ1v) is 8.41. The lowest BCUT2D eigenvalue weighted by molar-refractivity contribution is 0.0596. The predicted octanol–water partition coefficient (Wildman–Crippen LogP) is 0.919. The summed E-state index contributed by atoms with van der Waals surface area (Å²) in [5.41, 5.74) is -0.0749. The Morgan fingerprint density at radius 3 is 3.00 bits per heavy atom. The van der Waals surface area contributed by atoms with Gasteiger partial charge in [0.05, 0.1) is 13.3 Å². The number of nitrogens with one attached hydrogen (secondary N) is 1. The lowest BCUT2D eigenvalue weighted by Crippen LogP contribution is -2.33. The Kier molecular flexibility index (Phi) is 4.24. The number of aromatic nitrogens is 2. The van der Waals surface area contributed by atoms with Crippen molar-refractivity contribution < 1.29 is 27.1 Å². The Morgan fingerprint density at radius 1 is 1.46 bits per heavy atom. The predicted molar refractivity (Wildman–Crippen MR) is 79.4 cm³/mol. The van der Waals surface area contributed by atoms with Crippen LogP contribution in [0.3, 0.4) is 0 Å². The molecule has 0 amide bonds. The molecule has 0 bridgehead atoms. The zero-order chi connectivity index (χ0) is 17.3. The number of sulfonamides is 1. The highest BCUT2D eigenvalue weighted by molar-refractivity contribution is 7.89. The molecule has 0 fully saturated rings. The van der Waals surface area contributed by atoms with E-state index in [9.17, 15) is 17.6 Å². The number of rotatable bonds is 3. The summed E-state index contributed by atoms with van der Waals surface area (Å²) < 4.78 is 50.7. The van der Waals surface area contributed by atoms with Crippen LogP contribution < -0.4 is 4.74 Å². The minimum atomic E-state index is -4.12. The molecule has 1 aromatic carbocycles. The standard InChI is InChI=1S/C14H14FN3O5S/c1-22-14(19)9-7-16-17-13(9)24(20,21)18-5-6-23-12-4-2-3-11(15)10(12)8-18/h2-4,7H,5-6,8H2,1H3,(H,16,17). The third-order valence-corrected chi connectivity index (χ3v) is 5.43. The van der Waals surface area contributed by atoms with Crippen LogP contribution in [0.5, 0.6) is 5.75 Å². The van der Waals surface area contributed by atoms with E-state index in [-0.39, 0.29) is 30.8 Å². The van der Waals surface area contributed by atoms with Crippen molar-refractivity contribution in [1.82, 2.24) is 14.5 Å². The number of halogens is 1. The molecular formula is C14H14FN3O5S. The van der Waals surface area contributed by atoms with Gasteiger partial charge in [0.1, 0.15) is 23.7 Å². The molecule has 1 aromatic heterocycles. The minimum Gasteiger partial charge on any atom is -0.492 e. The van der Waals surface area contributed by atoms with Crippen molar-refractivity contribution in [2.24, 2.45) is 0 Å². The van der Waals surface area contributed by atoms with Crippen molar-refractivity contribution in [2.45, 2.75) is 11.6 Å². The van der Waals surface area contributed by atoms with Crippen LogP contribution in [0.15, 0.2) is 29.4 Å². The molecule has 1 aliphatic rings. The maximum atomic E-state index is 14.0. The molecule has 2 aromatic rings. The molecule has 24 heavy (non-hydrogen) atoms. The monoisotopic (exact) mass is 355 g/mol. The topological polar surface area (TPSA) is 102 Å². The Balaban J connectivity index is 2.01. The number of carbonyl (C=O) groups is 1. The molecule has 128 valence electrons. The van der Waals surface area contributed by atoms with Crippen molar-refractivity contribution in [3.05, 3.63) is 41.3 Å². The zero-order valence-corrected chi connectivity index (χ0v) is 13.5. The third-order valence-electron chi connectivity index (χ3n) is 3.62. The summed E-state index contributed by atoms with van der Waals surface area (Å²) in [5, 5.41) is 5.51. The molecular weight excluding hydrogens is 341 g/mol. The van der Waals surface area contributed by atoms with Gasteiger partial charge in [0.15, 0.2) is 5.03 Å². The van der Waals surface area contributed by atoms with Gasteiger partial charge in [-0.1, -0.05) is 6.07 Å². The van der Waals surface area contributed by atoms with Crippen LogP contribution >= 0.6 is 0 Å². The van der Waals surface area contributed by atoms with Gasteiger partial charge in [-0.2, -0.15) is 9.40 Å². The van der Waals surface area contributed by atoms with Gasteiger partial charge in [0.25, 0.3) is 10.0 Å². The molecule has 0 atom stereocenters. The molecule has 2 heterocycles. The van der Waals surface area contributed by atoms with Gasteiger partial charge in [-0.3, -0.25) is 5.10 Å². The van der Waals surface area contributed by atoms with Gasteiger partial charge in [-0.15, -0.1) is 0 Å². The number of fused-ring (bicyclic) bond motifs is 1. The fraction of sp³-hybridized carbons (Fsp3) is 0.286. The Hall–Kier alpha value is -2.46. The summed E-state index contributed by atoms with van der Waals surface area (Å²) in [5.74, 6) is -1.10. The van der Waals surface area contributed by atoms with Crippen LogP contribution in [0.25, 0.3) is 0 Å². The summed E-state index contributed by atoms with van der Waals surface area (Å²) in [4.78, 5) is 11.7. The van der Waals surface area contributed by atoms with E-state index in [1.54, 1.807) is 6.07 Å². The first-order chi connectivity index (χ1) is 11.4. The molecule has 1 aliphatic heterocycles. The second-order valence-electron chi connectivity index (χ2n) is 5.01. The second-order valence-corrected chi connectivity index (χ2v) is 6.88. The number of hydrogen-bond acceptors (Lipinski definition) is 6. The Labute approximate surface area is 137 Å². The van der Waals surface area contributed by atoms with Crippen molar-refractivity contribution in [3.8, 4) is 5.75 Å². The van der Waals surface area contributed by atoms with E-state index in [0.29, 0.717) is 5.75 Å².